The number of fused-ring (bicyclic) bond motifs is 1. The van der Waals surface area contributed by atoms with Crippen molar-refractivity contribution in [2.24, 2.45) is 0 Å². The Morgan fingerprint density at radius 2 is 1.83 bits per heavy atom. The number of aromatic nitrogens is 3. The molecule has 0 radical (unpaired) electrons. The van der Waals surface area contributed by atoms with Crippen molar-refractivity contribution in [3.63, 3.8) is 0 Å². The van der Waals surface area contributed by atoms with Crippen LogP contribution in [0.3, 0.4) is 0 Å². The fourth-order valence-corrected chi connectivity index (χ4v) is 2.91. The number of esters is 1. The van der Waals surface area contributed by atoms with Gasteiger partial charge in [0.15, 0.2) is 11.8 Å². The van der Waals surface area contributed by atoms with Crippen LogP contribution in [0.5, 0.6) is 0 Å². The highest BCUT2D eigenvalue weighted by Gasteiger charge is 2.24. The Bertz CT molecular complexity index is 1290. The summed E-state index contributed by atoms with van der Waals surface area (Å²) in [6.45, 7) is 3.06. The second-order valence-corrected chi connectivity index (χ2v) is 6.67. The predicted molar refractivity (Wildman–Crippen MR) is 109 cm³/mol. The smallest absolute Gasteiger partial charge is 0.361 e. The molecule has 2 aromatic heterocycles. The first kappa shape index (κ1) is 19.2. The van der Waals surface area contributed by atoms with Crippen molar-refractivity contribution in [2.75, 3.05) is 5.32 Å². The lowest BCUT2D eigenvalue weighted by Crippen LogP contribution is -2.30. The van der Waals surface area contributed by atoms with Crippen molar-refractivity contribution in [3.05, 3.63) is 70.5 Å². The van der Waals surface area contributed by atoms with Crippen LogP contribution in [0.1, 0.15) is 23.2 Å². The van der Waals surface area contributed by atoms with Gasteiger partial charge in [-0.1, -0.05) is 18.2 Å². The molecular formula is C21H18N4O5. The third-order valence-electron chi connectivity index (χ3n) is 4.45. The monoisotopic (exact) mass is 406 g/mol. The number of amides is 1. The van der Waals surface area contributed by atoms with E-state index in [1.165, 1.54) is 6.92 Å². The maximum atomic E-state index is 12.5. The molecular weight excluding hydrogens is 388 g/mol. The molecule has 2 aromatic carbocycles. The van der Waals surface area contributed by atoms with E-state index in [0.29, 0.717) is 28.4 Å². The molecule has 30 heavy (non-hydrogen) atoms. The zero-order valence-corrected chi connectivity index (χ0v) is 16.2. The molecule has 0 bridgehead atoms. The van der Waals surface area contributed by atoms with Gasteiger partial charge in [0.1, 0.15) is 5.76 Å². The number of carbonyl (C=O) groups excluding carboxylic acids is 2. The zero-order valence-electron chi connectivity index (χ0n) is 16.2. The highest BCUT2D eigenvalue weighted by Crippen LogP contribution is 2.22. The van der Waals surface area contributed by atoms with Gasteiger partial charge in [-0.05, 0) is 44.2 Å². The molecule has 2 heterocycles. The summed E-state index contributed by atoms with van der Waals surface area (Å²) in [5, 5.41) is 2.65. The number of H-pyrrole nitrogens is 2. The summed E-state index contributed by atoms with van der Waals surface area (Å²) in [4.78, 5) is 45.7. The topological polar surface area (TPSA) is 130 Å². The Kier molecular flexibility index (Phi) is 4.93. The van der Waals surface area contributed by atoms with Crippen molar-refractivity contribution >= 4 is 28.6 Å². The van der Waals surface area contributed by atoms with Crippen LogP contribution in [-0.4, -0.2) is 32.9 Å². The van der Waals surface area contributed by atoms with E-state index in [0.717, 1.165) is 5.56 Å². The van der Waals surface area contributed by atoms with Crippen LogP contribution in [0.15, 0.2) is 57.7 Å². The lowest BCUT2D eigenvalue weighted by molar-refractivity contribution is -0.123. The molecule has 3 N–H and O–H groups in total. The number of benzene rings is 2. The molecule has 152 valence electrons. The molecule has 4 aromatic rings. The highest BCUT2D eigenvalue weighted by molar-refractivity contribution is 5.98. The largest absolute Gasteiger partial charge is 0.448 e. The number of carbonyl (C=O) groups is 2. The highest BCUT2D eigenvalue weighted by atomic mass is 16.5. The van der Waals surface area contributed by atoms with Gasteiger partial charge in [0, 0.05) is 11.3 Å². The molecule has 9 nitrogen and oxygen atoms in total. The quantitative estimate of drug-likeness (QED) is 0.437. The number of hydrogen-bond donors (Lipinski definition) is 3. The molecule has 0 unspecified atom stereocenters. The van der Waals surface area contributed by atoms with Crippen molar-refractivity contribution in [1.29, 1.82) is 0 Å². The van der Waals surface area contributed by atoms with E-state index < -0.39 is 18.0 Å². The van der Waals surface area contributed by atoms with Gasteiger partial charge in [-0.15, -0.1) is 0 Å². The maximum absolute atomic E-state index is 12.5. The molecule has 1 atom stereocenters. The molecule has 9 heteroatoms. The molecule has 1 amide bonds. The van der Waals surface area contributed by atoms with Crippen molar-refractivity contribution in [1.82, 2.24) is 15.0 Å². The summed E-state index contributed by atoms with van der Waals surface area (Å²) in [5.74, 6) is -0.684. The first-order chi connectivity index (χ1) is 14.4. The van der Waals surface area contributed by atoms with E-state index in [2.05, 4.69) is 20.3 Å². The summed E-state index contributed by atoms with van der Waals surface area (Å²) < 4.78 is 10.8. The van der Waals surface area contributed by atoms with Crippen LogP contribution in [0, 0.1) is 6.92 Å². The number of oxazole rings is 1. The second-order valence-electron chi connectivity index (χ2n) is 6.67. The molecule has 0 aliphatic rings. The number of nitrogens with zero attached hydrogens (tertiary/aromatic N) is 1. The average molecular weight is 406 g/mol. The van der Waals surface area contributed by atoms with Gasteiger partial charge in [0.2, 0.25) is 5.89 Å². The lowest BCUT2D eigenvalue weighted by Gasteiger charge is -2.13. The predicted octanol–water partition coefficient (Wildman–Crippen LogP) is 3.00. The third kappa shape index (κ3) is 3.86. The summed E-state index contributed by atoms with van der Waals surface area (Å²) in [6, 6.07) is 14.0. The molecule has 4 rings (SSSR count). The minimum atomic E-state index is -1.07. The molecule has 0 saturated heterocycles. The average Bonchev–Trinajstić information content (AvgIpc) is 3.30. The number of ether oxygens (including phenoxy) is 1. The van der Waals surface area contributed by atoms with Crippen LogP contribution in [-0.2, 0) is 9.53 Å². The van der Waals surface area contributed by atoms with Crippen molar-refractivity contribution in [2.45, 2.75) is 20.0 Å². The summed E-state index contributed by atoms with van der Waals surface area (Å²) in [7, 11) is 0. The number of anilines is 1. The number of rotatable bonds is 5. The standard InChI is InChI=1S/C21H18N4O5/c1-11-17(25-19(29-11)13-6-4-3-5-7-13)20(27)30-12(2)18(26)22-14-8-9-15-16(10-14)24-21(28)23-15/h3-10,12H,1-2H3,(H,22,26)(H2,23,24,28)/t12-/m0/s1. The van der Waals surface area contributed by atoms with Gasteiger partial charge >= 0.3 is 11.7 Å². The summed E-state index contributed by atoms with van der Waals surface area (Å²) in [5.41, 5.74) is 2.02. The minimum Gasteiger partial charge on any atom is -0.448 e. The van der Waals surface area contributed by atoms with Gasteiger partial charge in [-0.25, -0.2) is 14.6 Å². The Hall–Kier alpha value is -4.14. The Balaban J connectivity index is 1.44. The van der Waals surface area contributed by atoms with E-state index in [-0.39, 0.29) is 11.4 Å². The van der Waals surface area contributed by atoms with Gasteiger partial charge in [0.05, 0.1) is 11.0 Å². The fourth-order valence-electron chi connectivity index (χ4n) is 2.91. The fraction of sp³-hybridized carbons (Fsp3) is 0.143. The Morgan fingerprint density at radius 1 is 1.10 bits per heavy atom. The lowest BCUT2D eigenvalue weighted by atomic mass is 10.2. The van der Waals surface area contributed by atoms with Crippen LogP contribution in [0.2, 0.25) is 0 Å². The zero-order chi connectivity index (χ0) is 21.3. The number of hydrogen-bond acceptors (Lipinski definition) is 6. The number of imidazole rings is 1. The van der Waals surface area contributed by atoms with Crippen molar-refractivity contribution in [3.8, 4) is 11.5 Å². The second kappa shape index (κ2) is 7.70. The van der Waals surface area contributed by atoms with Crippen LogP contribution in [0.4, 0.5) is 5.69 Å². The van der Waals surface area contributed by atoms with Gasteiger partial charge in [0.25, 0.3) is 5.91 Å². The van der Waals surface area contributed by atoms with Gasteiger partial charge in [-0.3, -0.25) is 4.79 Å². The van der Waals surface area contributed by atoms with Crippen molar-refractivity contribution < 1.29 is 18.7 Å². The van der Waals surface area contributed by atoms with E-state index >= 15 is 0 Å². The maximum Gasteiger partial charge on any atom is 0.361 e. The SMILES string of the molecule is Cc1oc(-c2ccccc2)nc1C(=O)O[C@@H](C)C(=O)Nc1ccc2[nH]c(=O)[nH]c2c1. The van der Waals surface area contributed by atoms with Crippen LogP contribution >= 0.6 is 0 Å². The number of nitrogens with one attached hydrogen (secondary N) is 3. The summed E-state index contributed by atoms with van der Waals surface area (Å²) in [6.07, 6.45) is -1.07. The molecule has 0 fully saturated rings. The van der Waals surface area contributed by atoms with E-state index in [4.69, 9.17) is 9.15 Å². The van der Waals surface area contributed by atoms with Crippen LogP contribution < -0.4 is 11.0 Å². The molecule has 0 aliphatic carbocycles. The van der Waals surface area contributed by atoms with E-state index in [1.54, 1.807) is 25.1 Å². The Labute approximate surface area is 170 Å². The summed E-state index contributed by atoms with van der Waals surface area (Å²) >= 11 is 0. The Morgan fingerprint density at radius 3 is 2.60 bits per heavy atom. The molecule has 0 saturated carbocycles. The van der Waals surface area contributed by atoms with Gasteiger partial charge in [-0.2, -0.15) is 0 Å². The van der Waals surface area contributed by atoms with E-state index in [9.17, 15) is 14.4 Å². The minimum absolute atomic E-state index is 0.0137. The van der Waals surface area contributed by atoms with Crippen LogP contribution in [0.25, 0.3) is 22.5 Å². The third-order valence-corrected chi connectivity index (χ3v) is 4.45. The first-order valence-electron chi connectivity index (χ1n) is 9.17. The van der Waals surface area contributed by atoms with Gasteiger partial charge < -0.3 is 24.4 Å². The normalized spacial score (nSPS) is 11.9. The molecule has 0 spiro atoms. The number of aryl methyl sites for hydroxylation is 1. The first-order valence-corrected chi connectivity index (χ1v) is 9.17. The number of aromatic amines is 2. The molecule has 0 aliphatic heterocycles. The van der Waals surface area contributed by atoms with E-state index in [1.807, 2.05) is 30.3 Å².